The average molecular weight is 526 g/mol. The molecule has 182 valence electrons. The smallest absolute Gasteiger partial charge is 0.416 e. The average Bonchev–Trinajstić information content (AvgIpc) is 2.84. The lowest BCUT2D eigenvalue weighted by atomic mass is 9.94. The lowest BCUT2D eigenvalue weighted by Crippen LogP contribution is -2.27. The normalized spacial score (nSPS) is 13.0. The van der Waals surface area contributed by atoms with Crippen molar-refractivity contribution in [3.63, 3.8) is 0 Å². The fourth-order valence-electron chi connectivity index (χ4n) is 3.67. The summed E-state index contributed by atoms with van der Waals surface area (Å²) >= 11 is 11.6. The van der Waals surface area contributed by atoms with Gasteiger partial charge in [0.1, 0.15) is 29.3 Å². The van der Waals surface area contributed by atoms with Crippen LogP contribution in [0.25, 0.3) is 10.8 Å². The fourth-order valence-corrected chi connectivity index (χ4v) is 4.11. The van der Waals surface area contributed by atoms with E-state index in [4.69, 9.17) is 33.3 Å². The Kier molecular flexibility index (Phi) is 7.48. The molecule has 0 fully saturated rings. The zero-order valence-electron chi connectivity index (χ0n) is 18.9. The maximum absolute atomic E-state index is 13.0. The van der Waals surface area contributed by atoms with E-state index in [1.165, 1.54) is 6.07 Å². The van der Waals surface area contributed by atoms with Crippen LogP contribution in [0.2, 0.25) is 5.02 Å². The van der Waals surface area contributed by atoms with Crippen molar-refractivity contribution in [1.82, 2.24) is 0 Å². The summed E-state index contributed by atoms with van der Waals surface area (Å²) in [7, 11) is 0. The van der Waals surface area contributed by atoms with Crippen LogP contribution < -0.4 is 9.47 Å². The molecule has 4 rings (SSSR count). The van der Waals surface area contributed by atoms with Gasteiger partial charge in [0.25, 0.3) is 0 Å². The molecule has 2 unspecified atom stereocenters. The molecule has 0 heterocycles. The van der Waals surface area contributed by atoms with Crippen molar-refractivity contribution in [2.75, 3.05) is 0 Å². The van der Waals surface area contributed by atoms with Crippen LogP contribution in [0.15, 0.2) is 84.9 Å². The maximum atomic E-state index is 13.0. The van der Waals surface area contributed by atoms with Crippen LogP contribution in [0.5, 0.6) is 17.2 Å². The second kappa shape index (κ2) is 10.6. The molecule has 8 heteroatoms. The fraction of sp³-hybridized carbons (Fsp3) is 0.143. The number of rotatable bonds is 7. The van der Waals surface area contributed by atoms with Crippen LogP contribution in [0, 0.1) is 11.3 Å². The van der Waals surface area contributed by atoms with E-state index in [0.29, 0.717) is 43.5 Å². The van der Waals surface area contributed by atoms with Gasteiger partial charge in [-0.15, -0.1) is 0 Å². The van der Waals surface area contributed by atoms with Crippen LogP contribution in [-0.2, 0) is 6.18 Å². The van der Waals surface area contributed by atoms with Crippen LogP contribution in [0.1, 0.15) is 24.0 Å². The third kappa shape index (κ3) is 5.96. The van der Waals surface area contributed by atoms with Crippen molar-refractivity contribution in [1.29, 1.82) is 5.26 Å². The van der Waals surface area contributed by atoms with Crippen molar-refractivity contribution in [2.24, 2.45) is 0 Å². The molecule has 0 N–H and O–H groups in total. The topological polar surface area (TPSA) is 42.2 Å². The lowest BCUT2D eigenvalue weighted by molar-refractivity contribution is -0.137. The third-order valence-corrected chi connectivity index (χ3v) is 6.31. The first kappa shape index (κ1) is 25.5. The minimum atomic E-state index is -4.41. The second-order valence-electron chi connectivity index (χ2n) is 8.07. The Balaban J connectivity index is 1.44. The maximum Gasteiger partial charge on any atom is 0.416 e. The van der Waals surface area contributed by atoms with E-state index in [-0.39, 0.29) is 0 Å². The van der Waals surface area contributed by atoms with Gasteiger partial charge in [0.05, 0.1) is 16.5 Å². The van der Waals surface area contributed by atoms with E-state index < -0.39 is 23.8 Å². The van der Waals surface area contributed by atoms with Gasteiger partial charge >= 0.3 is 6.18 Å². The van der Waals surface area contributed by atoms with Crippen molar-refractivity contribution < 1.29 is 22.6 Å². The van der Waals surface area contributed by atoms with Gasteiger partial charge in [0, 0.05) is 5.02 Å². The van der Waals surface area contributed by atoms with Crippen molar-refractivity contribution in [2.45, 2.75) is 25.1 Å². The third-order valence-electron chi connectivity index (χ3n) is 5.51. The number of ether oxygens (including phenoxy) is 2. The molecule has 2 atom stereocenters. The van der Waals surface area contributed by atoms with Crippen LogP contribution in [-0.4, -0.2) is 11.0 Å². The predicted molar refractivity (Wildman–Crippen MR) is 138 cm³/mol. The molecule has 0 radical (unpaired) electrons. The Bertz CT molecular complexity index is 1450. The largest absolute Gasteiger partial charge is 0.485 e. The second-order valence-corrected chi connectivity index (χ2v) is 8.98. The molecule has 0 aliphatic rings. The molecule has 4 aromatic rings. The molecular formula is C28H19ClF3NO2S. The Morgan fingerprint density at radius 2 is 1.56 bits per heavy atom. The molecule has 36 heavy (non-hydrogen) atoms. The zero-order chi connectivity index (χ0) is 25.9. The van der Waals surface area contributed by atoms with Gasteiger partial charge in [-0.05, 0) is 83.9 Å². The number of alkyl halides is 3. The Labute approximate surface area is 216 Å². The highest BCUT2D eigenvalue weighted by molar-refractivity contribution is 7.80. The highest BCUT2D eigenvalue weighted by Crippen LogP contribution is 2.33. The molecule has 0 aliphatic heterocycles. The van der Waals surface area contributed by atoms with Crippen LogP contribution in [0.4, 0.5) is 13.2 Å². The molecule has 0 aliphatic carbocycles. The van der Waals surface area contributed by atoms with Crippen molar-refractivity contribution in [3.8, 4) is 23.3 Å². The van der Waals surface area contributed by atoms with Crippen LogP contribution in [0.3, 0.4) is 0 Å². The summed E-state index contributed by atoms with van der Waals surface area (Å²) in [4.78, 5) is 0.425. The Hall–Kier alpha value is -3.60. The summed E-state index contributed by atoms with van der Waals surface area (Å²) in [5, 5.41) is 11.3. The minimum Gasteiger partial charge on any atom is -0.485 e. The SMILES string of the molecule is CC(Oc1ccc(Oc2ccc3ccc(C(F)(F)F)cc3c2)cc1)C(=S)C(C#N)c1cccc(Cl)c1. The molecule has 0 saturated heterocycles. The molecule has 0 saturated carbocycles. The molecule has 0 spiro atoms. The summed E-state index contributed by atoms with van der Waals surface area (Å²) in [6.45, 7) is 1.77. The highest BCUT2D eigenvalue weighted by atomic mass is 35.5. The molecule has 4 aromatic carbocycles. The summed E-state index contributed by atoms with van der Waals surface area (Å²) in [5.41, 5.74) is -0.0124. The number of benzene rings is 4. The van der Waals surface area contributed by atoms with Gasteiger partial charge in [-0.25, -0.2) is 0 Å². The molecular weight excluding hydrogens is 507 g/mol. The van der Waals surface area contributed by atoms with Crippen molar-refractivity contribution >= 4 is 39.5 Å². The van der Waals surface area contributed by atoms with E-state index >= 15 is 0 Å². The van der Waals surface area contributed by atoms with E-state index in [9.17, 15) is 18.4 Å². The quantitative estimate of drug-likeness (QED) is 0.226. The highest BCUT2D eigenvalue weighted by Gasteiger charge is 2.30. The van der Waals surface area contributed by atoms with Gasteiger partial charge < -0.3 is 9.47 Å². The number of nitriles is 1. The van der Waals surface area contributed by atoms with E-state index in [2.05, 4.69) is 6.07 Å². The molecule has 0 amide bonds. The number of halogens is 4. The standard InChI is InChI=1S/C28H19ClF3NO2S/c1-17(27(36)26(16-33)19-3-2-4-22(29)14-19)34-23-9-11-24(12-10-23)35-25-8-6-18-5-7-21(28(30,31)32)13-20(18)15-25/h2-15,17,26H,1H3. The summed E-state index contributed by atoms with van der Waals surface area (Å²) in [5.74, 6) is 0.761. The number of hydrogen-bond donors (Lipinski definition) is 0. The monoisotopic (exact) mass is 525 g/mol. The van der Waals surface area contributed by atoms with E-state index in [1.54, 1.807) is 73.7 Å². The first-order valence-electron chi connectivity index (χ1n) is 10.9. The minimum absolute atomic E-state index is 0.406. The number of thiocarbonyl (C=S) groups is 1. The van der Waals surface area contributed by atoms with Gasteiger partial charge in [0.2, 0.25) is 0 Å². The van der Waals surface area contributed by atoms with Gasteiger partial charge in [-0.1, -0.05) is 48.1 Å². The molecule has 0 bridgehead atoms. The van der Waals surface area contributed by atoms with Gasteiger partial charge in [0.15, 0.2) is 0 Å². The number of nitrogens with zero attached hydrogens (tertiary/aromatic N) is 1. The molecule has 0 aromatic heterocycles. The van der Waals surface area contributed by atoms with Crippen molar-refractivity contribution in [3.05, 3.63) is 101 Å². The number of fused-ring (bicyclic) bond motifs is 1. The first-order valence-corrected chi connectivity index (χ1v) is 11.7. The molecule has 3 nitrogen and oxygen atoms in total. The van der Waals surface area contributed by atoms with Crippen LogP contribution >= 0.6 is 23.8 Å². The Morgan fingerprint density at radius 3 is 2.22 bits per heavy atom. The zero-order valence-corrected chi connectivity index (χ0v) is 20.5. The lowest BCUT2D eigenvalue weighted by Gasteiger charge is -2.20. The van der Waals surface area contributed by atoms with E-state index in [1.807, 2.05) is 0 Å². The summed E-state index contributed by atoms with van der Waals surface area (Å²) in [6, 6.07) is 24.5. The Morgan fingerprint density at radius 1 is 0.889 bits per heavy atom. The van der Waals surface area contributed by atoms with E-state index in [0.717, 1.165) is 12.1 Å². The van der Waals surface area contributed by atoms with Gasteiger partial charge in [-0.2, -0.15) is 18.4 Å². The predicted octanol–water partition coefficient (Wildman–Crippen LogP) is 8.75. The summed E-state index contributed by atoms with van der Waals surface area (Å²) in [6.07, 6.45) is -4.94. The first-order chi connectivity index (χ1) is 17.1. The summed E-state index contributed by atoms with van der Waals surface area (Å²) < 4.78 is 50.9. The number of hydrogen-bond acceptors (Lipinski definition) is 4. The van der Waals surface area contributed by atoms with Gasteiger partial charge in [-0.3, -0.25) is 0 Å².